The SMILES string of the molecule is CS(=O)(=O)NC(=O)c1cnn2c(NCc3ccccc3)c(C(=O)N3CCC4(C=Cc5ccccc54)CC3)cnc12. The zero-order valence-electron chi connectivity index (χ0n) is 21.9. The van der Waals surface area contributed by atoms with Crippen LogP contribution in [0.4, 0.5) is 5.82 Å². The van der Waals surface area contributed by atoms with E-state index in [1.54, 1.807) is 0 Å². The number of piperidine rings is 1. The van der Waals surface area contributed by atoms with Gasteiger partial charge in [0, 0.05) is 31.2 Å². The van der Waals surface area contributed by atoms with Crippen LogP contribution in [0.3, 0.4) is 0 Å². The van der Waals surface area contributed by atoms with Gasteiger partial charge in [-0.2, -0.15) is 9.61 Å². The lowest BCUT2D eigenvalue weighted by atomic mass is 9.74. The predicted molar refractivity (Wildman–Crippen MR) is 151 cm³/mol. The summed E-state index contributed by atoms with van der Waals surface area (Å²) < 4.78 is 26.6. The predicted octanol–water partition coefficient (Wildman–Crippen LogP) is 3.23. The van der Waals surface area contributed by atoms with Crippen molar-refractivity contribution in [1.29, 1.82) is 0 Å². The van der Waals surface area contributed by atoms with E-state index < -0.39 is 15.9 Å². The zero-order chi connectivity index (χ0) is 27.9. The molecule has 0 bridgehead atoms. The van der Waals surface area contributed by atoms with Gasteiger partial charge in [-0.1, -0.05) is 66.7 Å². The number of aromatic nitrogens is 3. The van der Waals surface area contributed by atoms with Crippen molar-refractivity contribution in [3.8, 4) is 0 Å². The van der Waals surface area contributed by atoms with E-state index >= 15 is 0 Å². The van der Waals surface area contributed by atoms with Crippen molar-refractivity contribution in [2.45, 2.75) is 24.8 Å². The average molecular weight is 557 g/mol. The van der Waals surface area contributed by atoms with Crippen molar-refractivity contribution in [3.63, 3.8) is 0 Å². The fourth-order valence-corrected chi connectivity index (χ4v) is 6.02. The average Bonchev–Trinajstić information content (AvgIpc) is 3.54. The van der Waals surface area contributed by atoms with E-state index in [1.807, 2.05) is 46.0 Å². The van der Waals surface area contributed by atoms with Crippen LogP contribution in [0.5, 0.6) is 0 Å². The molecule has 11 heteroatoms. The number of benzene rings is 2. The van der Waals surface area contributed by atoms with Gasteiger partial charge in [-0.15, -0.1) is 0 Å². The molecule has 2 aromatic carbocycles. The highest BCUT2D eigenvalue weighted by atomic mass is 32.2. The molecule has 1 saturated heterocycles. The Bertz CT molecular complexity index is 1760. The van der Waals surface area contributed by atoms with Crippen molar-refractivity contribution in [2.75, 3.05) is 24.7 Å². The molecule has 40 heavy (non-hydrogen) atoms. The summed E-state index contributed by atoms with van der Waals surface area (Å²) in [6, 6.07) is 18.1. The zero-order valence-corrected chi connectivity index (χ0v) is 22.7. The van der Waals surface area contributed by atoms with Gasteiger partial charge in [-0.25, -0.2) is 18.1 Å². The molecule has 2 N–H and O–H groups in total. The molecule has 2 aromatic heterocycles. The van der Waals surface area contributed by atoms with Crippen molar-refractivity contribution < 1.29 is 18.0 Å². The molecule has 0 saturated carbocycles. The molecule has 0 radical (unpaired) electrons. The number of nitrogens with one attached hydrogen (secondary N) is 2. The fraction of sp³-hybridized carbons (Fsp3) is 0.241. The number of sulfonamides is 1. The summed E-state index contributed by atoms with van der Waals surface area (Å²) in [6.45, 7) is 1.55. The first-order valence-corrected chi connectivity index (χ1v) is 14.9. The van der Waals surface area contributed by atoms with Gasteiger partial charge in [0.1, 0.15) is 16.9 Å². The van der Waals surface area contributed by atoms with Gasteiger partial charge in [0.15, 0.2) is 5.65 Å². The second-order valence-electron chi connectivity index (χ2n) is 10.2. The van der Waals surface area contributed by atoms with E-state index in [0.717, 1.165) is 24.7 Å². The summed E-state index contributed by atoms with van der Waals surface area (Å²) in [5.41, 5.74) is 3.91. The summed E-state index contributed by atoms with van der Waals surface area (Å²) in [5.74, 6) is -0.652. The Hall–Kier alpha value is -4.51. The molecule has 0 unspecified atom stereocenters. The van der Waals surface area contributed by atoms with Crippen LogP contribution in [0, 0.1) is 0 Å². The van der Waals surface area contributed by atoms with Crippen LogP contribution in [-0.2, 0) is 22.0 Å². The standard InChI is InChI=1S/C29H28N6O4S/c1-40(38,39)33-27(36)22-19-32-35-25(22)31-18-23(26(35)30-17-20-7-3-2-4-8-20)28(37)34-15-13-29(14-16-34)12-11-21-9-5-6-10-24(21)29/h2-12,18-19,30H,13-17H2,1H3,(H,33,36). The van der Waals surface area contributed by atoms with Crippen LogP contribution >= 0.6 is 0 Å². The van der Waals surface area contributed by atoms with Crippen molar-refractivity contribution >= 4 is 39.4 Å². The lowest BCUT2D eigenvalue weighted by molar-refractivity contribution is 0.0690. The highest BCUT2D eigenvalue weighted by Crippen LogP contribution is 2.43. The molecule has 204 valence electrons. The monoisotopic (exact) mass is 556 g/mol. The molecule has 1 fully saturated rings. The first-order chi connectivity index (χ1) is 19.2. The third-order valence-electron chi connectivity index (χ3n) is 7.60. The molecule has 2 amide bonds. The first kappa shape index (κ1) is 25.8. The van der Waals surface area contributed by atoms with E-state index in [4.69, 9.17) is 0 Å². The molecule has 1 aliphatic heterocycles. The maximum absolute atomic E-state index is 13.9. The normalized spacial score (nSPS) is 15.8. The lowest BCUT2D eigenvalue weighted by Crippen LogP contribution is -2.44. The van der Waals surface area contributed by atoms with Crippen molar-refractivity contribution in [3.05, 3.63) is 101 Å². The number of fused-ring (bicyclic) bond motifs is 3. The van der Waals surface area contributed by atoms with E-state index in [1.165, 1.54) is 28.0 Å². The van der Waals surface area contributed by atoms with Gasteiger partial charge >= 0.3 is 0 Å². The van der Waals surface area contributed by atoms with E-state index in [2.05, 4.69) is 45.8 Å². The second kappa shape index (κ2) is 9.91. The Balaban J connectivity index is 1.31. The molecular formula is C29H28N6O4S. The fourth-order valence-electron chi connectivity index (χ4n) is 5.57. The van der Waals surface area contributed by atoms with Gasteiger partial charge in [0.2, 0.25) is 10.0 Å². The highest BCUT2D eigenvalue weighted by molar-refractivity contribution is 7.89. The van der Waals surface area contributed by atoms with Crippen LogP contribution in [0.1, 0.15) is 50.2 Å². The Morgan fingerprint density at radius 3 is 2.45 bits per heavy atom. The first-order valence-electron chi connectivity index (χ1n) is 13.0. The minimum Gasteiger partial charge on any atom is -0.365 e. The number of rotatable bonds is 6. The molecule has 4 aromatic rings. The number of hydrogen-bond acceptors (Lipinski definition) is 7. The molecule has 6 rings (SSSR count). The Morgan fingerprint density at radius 1 is 0.975 bits per heavy atom. The van der Waals surface area contributed by atoms with Gasteiger partial charge < -0.3 is 10.2 Å². The molecule has 3 heterocycles. The molecule has 0 atom stereocenters. The minimum atomic E-state index is -3.78. The summed E-state index contributed by atoms with van der Waals surface area (Å²) in [7, 11) is -3.78. The number of hydrogen-bond donors (Lipinski definition) is 2. The van der Waals surface area contributed by atoms with Crippen LogP contribution in [0.25, 0.3) is 11.7 Å². The molecule has 10 nitrogen and oxygen atoms in total. The topological polar surface area (TPSA) is 126 Å². The summed E-state index contributed by atoms with van der Waals surface area (Å²) in [4.78, 5) is 32.7. The van der Waals surface area contributed by atoms with Crippen LogP contribution in [0.15, 0.2) is 73.1 Å². The van der Waals surface area contributed by atoms with Crippen LogP contribution < -0.4 is 10.0 Å². The Morgan fingerprint density at radius 2 is 1.70 bits per heavy atom. The van der Waals surface area contributed by atoms with E-state index in [-0.39, 0.29) is 22.5 Å². The highest BCUT2D eigenvalue weighted by Gasteiger charge is 2.39. The Labute approximate surface area is 231 Å². The second-order valence-corrected chi connectivity index (χ2v) is 12.0. The van der Waals surface area contributed by atoms with Gasteiger partial charge in [-0.05, 0) is 29.5 Å². The molecule has 2 aliphatic rings. The number of anilines is 1. The maximum atomic E-state index is 13.9. The van der Waals surface area contributed by atoms with Crippen LogP contribution in [-0.4, -0.2) is 59.1 Å². The number of amides is 2. The van der Waals surface area contributed by atoms with Crippen LogP contribution in [0.2, 0.25) is 0 Å². The van der Waals surface area contributed by atoms with Crippen molar-refractivity contribution in [2.24, 2.45) is 0 Å². The molecule has 1 spiro atoms. The smallest absolute Gasteiger partial charge is 0.270 e. The number of allylic oxidation sites excluding steroid dienone is 1. The molecular weight excluding hydrogens is 528 g/mol. The Kier molecular flexibility index (Phi) is 6.38. The summed E-state index contributed by atoms with van der Waals surface area (Å²) >= 11 is 0. The largest absolute Gasteiger partial charge is 0.365 e. The number of carbonyl (C=O) groups is 2. The van der Waals surface area contributed by atoms with E-state index in [9.17, 15) is 18.0 Å². The van der Waals surface area contributed by atoms with Crippen molar-refractivity contribution in [1.82, 2.24) is 24.2 Å². The molecule has 1 aliphatic carbocycles. The number of nitrogens with zero attached hydrogens (tertiary/aromatic N) is 4. The number of likely N-dealkylation sites (tertiary alicyclic amines) is 1. The van der Waals surface area contributed by atoms with Gasteiger partial charge in [0.25, 0.3) is 11.8 Å². The number of carbonyl (C=O) groups excluding carboxylic acids is 2. The van der Waals surface area contributed by atoms with Gasteiger partial charge in [-0.3, -0.25) is 9.59 Å². The summed E-state index contributed by atoms with van der Waals surface area (Å²) in [5, 5.41) is 7.62. The third-order valence-corrected chi connectivity index (χ3v) is 8.16. The lowest BCUT2D eigenvalue weighted by Gasteiger charge is -2.39. The van der Waals surface area contributed by atoms with Gasteiger partial charge in [0.05, 0.1) is 12.5 Å². The quantitative estimate of drug-likeness (QED) is 0.374. The maximum Gasteiger partial charge on any atom is 0.270 e. The summed E-state index contributed by atoms with van der Waals surface area (Å²) in [6.07, 6.45) is 9.64. The third kappa shape index (κ3) is 4.73. The van der Waals surface area contributed by atoms with E-state index in [0.29, 0.717) is 31.0 Å². The minimum absolute atomic E-state index is 0.0150.